The SMILES string of the molecule is CCCC[C@@H]([NH3+])CC(=O)[O-]. The zero-order valence-corrected chi connectivity index (χ0v) is 6.43. The average molecular weight is 145 g/mol. The zero-order chi connectivity index (χ0) is 7.98. The van der Waals surface area contributed by atoms with E-state index in [1.165, 1.54) is 0 Å². The van der Waals surface area contributed by atoms with Crippen molar-refractivity contribution >= 4 is 5.97 Å². The molecule has 10 heavy (non-hydrogen) atoms. The zero-order valence-electron chi connectivity index (χ0n) is 6.43. The molecule has 0 spiro atoms. The first-order chi connectivity index (χ1) is 4.66. The van der Waals surface area contributed by atoms with Crippen molar-refractivity contribution in [2.45, 2.75) is 38.6 Å². The summed E-state index contributed by atoms with van der Waals surface area (Å²) in [4.78, 5) is 10.0. The summed E-state index contributed by atoms with van der Waals surface area (Å²) in [6.07, 6.45) is 3.14. The first-order valence-corrected chi connectivity index (χ1v) is 3.69. The van der Waals surface area contributed by atoms with Crippen molar-refractivity contribution in [1.29, 1.82) is 0 Å². The molecule has 0 aromatic rings. The van der Waals surface area contributed by atoms with E-state index in [-0.39, 0.29) is 12.5 Å². The van der Waals surface area contributed by atoms with E-state index in [9.17, 15) is 9.90 Å². The Bertz CT molecular complexity index is 104. The monoisotopic (exact) mass is 145 g/mol. The van der Waals surface area contributed by atoms with E-state index >= 15 is 0 Å². The van der Waals surface area contributed by atoms with Crippen LogP contribution < -0.4 is 10.8 Å². The predicted octanol–water partition coefficient (Wildman–Crippen LogP) is -1.07. The van der Waals surface area contributed by atoms with Gasteiger partial charge in [0.25, 0.3) is 0 Å². The van der Waals surface area contributed by atoms with Gasteiger partial charge in [-0.2, -0.15) is 0 Å². The van der Waals surface area contributed by atoms with Gasteiger partial charge >= 0.3 is 0 Å². The third-order valence-corrected chi connectivity index (χ3v) is 1.42. The van der Waals surface area contributed by atoms with Crippen LogP contribution in [0.3, 0.4) is 0 Å². The molecule has 1 atom stereocenters. The van der Waals surface area contributed by atoms with Gasteiger partial charge in [0.05, 0.1) is 6.04 Å². The number of carboxylic acid groups (broad SMARTS) is 1. The Morgan fingerprint density at radius 3 is 2.70 bits per heavy atom. The quantitative estimate of drug-likeness (QED) is 0.535. The van der Waals surface area contributed by atoms with Gasteiger partial charge in [0, 0.05) is 12.4 Å². The van der Waals surface area contributed by atoms with E-state index < -0.39 is 5.97 Å². The lowest BCUT2D eigenvalue weighted by molar-refractivity contribution is -0.425. The van der Waals surface area contributed by atoms with Crippen LogP contribution in [0.15, 0.2) is 0 Å². The minimum atomic E-state index is -0.990. The fraction of sp³-hybridized carbons (Fsp3) is 0.857. The molecule has 0 aliphatic heterocycles. The summed E-state index contributed by atoms with van der Waals surface area (Å²) < 4.78 is 0. The summed E-state index contributed by atoms with van der Waals surface area (Å²) >= 11 is 0. The fourth-order valence-electron chi connectivity index (χ4n) is 0.831. The highest BCUT2D eigenvalue weighted by Gasteiger charge is 2.04. The van der Waals surface area contributed by atoms with E-state index in [1.807, 2.05) is 0 Å². The first kappa shape index (κ1) is 9.43. The molecular weight excluding hydrogens is 130 g/mol. The molecule has 0 aliphatic carbocycles. The number of carbonyl (C=O) groups is 1. The van der Waals surface area contributed by atoms with Gasteiger partial charge in [0.1, 0.15) is 0 Å². The second-order valence-corrected chi connectivity index (χ2v) is 2.58. The van der Waals surface area contributed by atoms with Crippen molar-refractivity contribution in [2.75, 3.05) is 0 Å². The lowest BCUT2D eigenvalue weighted by Gasteiger charge is -2.07. The van der Waals surface area contributed by atoms with Crippen LogP contribution in [0.1, 0.15) is 32.6 Å². The number of carboxylic acids is 1. The number of unbranched alkanes of at least 4 members (excludes halogenated alkanes) is 1. The lowest BCUT2D eigenvalue weighted by atomic mass is 10.1. The Balaban J connectivity index is 3.25. The maximum atomic E-state index is 10.0. The molecule has 0 aromatic carbocycles. The number of carbonyl (C=O) groups excluding carboxylic acids is 1. The first-order valence-electron chi connectivity index (χ1n) is 3.69. The number of rotatable bonds is 5. The van der Waals surface area contributed by atoms with Gasteiger partial charge in [0.15, 0.2) is 0 Å². The minimum Gasteiger partial charge on any atom is -0.550 e. The topological polar surface area (TPSA) is 67.8 Å². The third-order valence-electron chi connectivity index (χ3n) is 1.42. The Labute approximate surface area is 61.2 Å². The molecule has 0 amide bonds. The second kappa shape index (κ2) is 5.23. The van der Waals surface area contributed by atoms with Crippen LogP contribution in [-0.2, 0) is 4.79 Å². The molecule has 0 heterocycles. The molecule has 0 bridgehead atoms. The normalized spacial score (nSPS) is 13.0. The maximum Gasteiger partial charge on any atom is 0.0896 e. The Hall–Kier alpha value is -0.570. The van der Waals surface area contributed by atoms with Crippen LogP contribution >= 0.6 is 0 Å². The summed E-state index contributed by atoms with van der Waals surface area (Å²) in [6.45, 7) is 2.08. The van der Waals surface area contributed by atoms with E-state index in [0.717, 1.165) is 19.3 Å². The van der Waals surface area contributed by atoms with Gasteiger partial charge < -0.3 is 15.6 Å². The van der Waals surface area contributed by atoms with Crippen molar-refractivity contribution in [3.05, 3.63) is 0 Å². The van der Waals surface area contributed by atoms with Crippen molar-refractivity contribution < 1.29 is 15.6 Å². The smallest absolute Gasteiger partial charge is 0.0896 e. The summed E-state index contributed by atoms with van der Waals surface area (Å²) in [7, 11) is 0. The van der Waals surface area contributed by atoms with Gasteiger partial charge in [-0.25, -0.2) is 0 Å². The Morgan fingerprint density at radius 2 is 2.30 bits per heavy atom. The van der Waals surface area contributed by atoms with E-state index in [2.05, 4.69) is 12.7 Å². The molecule has 3 heteroatoms. The van der Waals surface area contributed by atoms with E-state index in [1.54, 1.807) is 0 Å². The lowest BCUT2D eigenvalue weighted by Crippen LogP contribution is -2.62. The van der Waals surface area contributed by atoms with Crippen LogP contribution in [0, 0.1) is 0 Å². The Kier molecular flexibility index (Phi) is 4.94. The van der Waals surface area contributed by atoms with Crippen molar-refractivity contribution in [3.8, 4) is 0 Å². The third kappa shape index (κ3) is 5.56. The van der Waals surface area contributed by atoms with Crippen LogP contribution in [0.5, 0.6) is 0 Å². The highest BCUT2D eigenvalue weighted by molar-refractivity contribution is 5.64. The van der Waals surface area contributed by atoms with E-state index in [0.29, 0.717) is 0 Å². The molecule has 0 saturated heterocycles. The molecule has 0 fully saturated rings. The molecule has 60 valence electrons. The van der Waals surface area contributed by atoms with Crippen molar-refractivity contribution in [2.24, 2.45) is 0 Å². The van der Waals surface area contributed by atoms with Crippen LogP contribution in [0.4, 0.5) is 0 Å². The highest BCUT2D eigenvalue weighted by Crippen LogP contribution is 1.98. The van der Waals surface area contributed by atoms with Crippen LogP contribution in [0.25, 0.3) is 0 Å². The summed E-state index contributed by atoms with van der Waals surface area (Å²) in [6, 6.07) is 0.0324. The highest BCUT2D eigenvalue weighted by atomic mass is 16.4. The number of quaternary nitrogens is 1. The minimum absolute atomic E-state index is 0.0324. The summed E-state index contributed by atoms with van der Waals surface area (Å²) in [5.74, 6) is -0.990. The maximum absolute atomic E-state index is 10.0. The molecule has 3 nitrogen and oxygen atoms in total. The molecule has 0 aliphatic rings. The molecule has 0 unspecified atom stereocenters. The molecule has 0 rings (SSSR count). The van der Waals surface area contributed by atoms with E-state index in [4.69, 9.17) is 0 Å². The number of hydrogen-bond acceptors (Lipinski definition) is 2. The molecule has 0 saturated carbocycles. The molecule has 0 aromatic heterocycles. The van der Waals surface area contributed by atoms with Gasteiger partial charge in [-0.15, -0.1) is 0 Å². The van der Waals surface area contributed by atoms with Crippen molar-refractivity contribution in [3.63, 3.8) is 0 Å². The standard InChI is InChI=1S/C7H15NO2/c1-2-3-4-6(8)5-7(9)10/h6H,2-5,8H2,1H3,(H,9,10)/t6-/m1/s1. The van der Waals surface area contributed by atoms with Crippen LogP contribution in [-0.4, -0.2) is 12.0 Å². The van der Waals surface area contributed by atoms with Gasteiger partial charge in [-0.3, -0.25) is 0 Å². The Morgan fingerprint density at radius 1 is 1.70 bits per heavy atom. The molecular formula is C7H15NO2. The van der Waals surface area contributed by atoms with Gasteiger partial charge in [0.2, 0.25) is 0 Å². The van der Waals surface area contributed by atoms with Crippen molar-refractivity contribution in [1.82, 2.24) is 0 Å². The summed E-state index contributed by atoms with van der Waals surface area (Å²) in [5, 5.41) is 10.0. The molecule has 0 radical (unpaired) electrons. The largest absolute Gasteiger partial charge is 0.550 e. The predicted molar refractivity (Wildman–Crippen MR) is 35.8 cm³/mol. The second-order valence-electron chi connectivity index (χ2n) is 2.58. The fourth-order valence-corrected chi connectivity index (χ4v) is 0.831. The van der Waals surface area contributed by atoms with Crippen LogP contribution in [0.2, 0.25) is 0 Å². The van der Waals surface area contributed by atoms with Gasteiger partial charge in [-0.05, 0) is 12.8 Å². The van der Waals surface area contributed by atoms with Gasteiger partial charge in [-0.1, -0.05) is 13.3 Å². The average Bonchev–Trinajstić information content (AvgIpc) is 1.82. The summed E-state index contributed by atoms with van der Waals surface area (Å²) in [5.41, 5.74) is 3.69. The number of hydrogen-bond donors (Lipinski definition) is 1. The molecule has 3 N–H and O–H groups in total. The number of aliphatic carboxylic acids is 1.